The van der Waals surface area contributed by atoms with Crippen LogP contribution in [0.1, 0.15) is 19.4 Å². The largest absolute Gasteiger partial charge is 0.355 e. The van der Waals surface area contributed by atoms with Crippen LogP contribution in [0.4, 0.5) is 5.69 Å². The molecule has 0 bridgehead atoms. The van der Waals surface area contributed by atoms with Gasteiger partial charge in [0.25, 0.3) is 0 Å². The van der Waals surface area contributed by atoms with E-state index in [0.717, 1.165) is 17.8 Å². The maximum Gasteiger partial charge on any atom is 0.245 e. The molecule has 3 N–H and O–H groups in total. The fourth-order valence-electron chi connectivity index (χ4n) is 2.30. The lowest BCUT2D eigenvalue weighted by Gasteiger charge is -2.43. The van der Waals surface area contributed by atoms with Crippen LogP contribution in [0, 0.1) is 0 Å². The number of benzene rings is 1. The molecule has 0 aromatic heterocycles. The van der Waals surface area contributed by atoms with Crippen LogP contribution in [-0.4, -0.2) is 24.5 Å². The highest BCUT2D eigenvalue weighted by Gasteiger charge is 2.38. The summed E-state index contributed by atoms with van der Waals surface area (Å²) in [7, 11) is 0. The van der Waals surface area contributed by atoms with Gasteiger partial charge in [0, 0.05) is 30.3 Å². The molecular weight excluding hydrogens is 250 g/mol. The van der Waals surface area contributed by atoms with Gasteiger partial charge in [0.2, 0.25) is 5.91 Å². The number of carbonyl (C=O) groups excluding carboxylic acids is 1. The lowest BCUT2D eigenvalue weighted by Crippen LogP contribution is -2.62. The van der Waals surface area contributed by atoms with Crippen molar-refractivity contribution >= 4 is 23.2 Å². The van der Waals surface area contributed by atoms with E-state index in [1.165, 1.54) is 0 Å². The fourth-order valence-corrected chi connectivity index (χ4v) is 2.50. The van der Waals surface area contributed by atoms with Gasteiger partial charge in [-0.15, -0.1) is 0 Å². The van der Waals surface area contributed by atoms with Crippen molar-refractivity contribution in [2.24, 2.45) is 5.73 Å². The third-order valence-electron chi connectivity index (χ3n) is 3.40. The summed E-state index contributed by atoms with van der Waals surface area (Å²) in [6.07, 6.45) is 0. The lowest BCUT2D eigenvalue weighted by atomic mass is 9.96. The Balaban J connectivity index is 2.44. The van der Waals surface area contributed by atoms with Gasteiger partial charge in [-0.3, -0.25) is 4.79 Å². The number of hydrogen-bond donors (Lipinski definition) is 2. The van der Waals surface area contributed by atoms with Gasteiger partial charge < -0.3 is 16.0 Å². The number of carbonyl (C=O) groups is 1. The van der Waals surface area contributed by atoms with E-state index in [9.17, 15) is 4.79 Å². The first-order valence-electron chi connectivity index (χ1n) is 6.01. The Bertz CT molecular complexity index is 473. The lowest BCUT2D eigenvalue weighted by molar-refractivity contribution is -0.126. The summed E-state index contributed by atoms with van der Waals surface area (Å²) < 4.78 is 0. The molecule has 0 unspecified atom stereocenters. The standard InChI is InChI=1S/C13H18ClN3O/c1-13(2)12(18)16-5-6-17(13)11-4-3-10(14)7-9(11)8-15/h3-4,7H,5-6,8,15H2,1-2H3,(H,16,18). The zero-order valence-electron chi connectivity index (χ0n) is 10.7. The molecule has 0 radical (unpaired) electrons. The third kappa shape index (κ3) is 2.18. The minimum atomic E-state index is -0.573. The van der Waals surface area contributed by atoms with E-state index in [1.807, 2.05) is 32.0 Å². The molecule has 5 heteroatoms. The molecule has 0 saturated carbocycles. The molecule has 1 aromatic carbocycles. The molecule has 1 fully saturated rings. The number of rotatable bonds is 2. The molecule has 0 aliphatic carbocycles. The molecule has 2 rings (SSSR count). The van der Waals surface area contributed by atoms with Crippen LogP contribution in [0.3, 0.4) is 0 Å². The van der Waals surface area contributed by atoms with Crippen LogP contribution >= 0.6 is 11.6 Å². The van der Waals surface area contributed by atoms with E-state index in [1.54, 1.807) is 0 Å². The molecule has 1 heterocycles. The van der Waals surface area contributed by atoms with Crippen LogP contribution in [-0.2, 0) is 11.3 Å². The summed E-state index contributed by atoms with van der Waals surface area (Å²) in [6.45, 7) is 5.65. The number of piperazine rings is 1. The Morgan fingerprint density at radius 2 is 2.22 bits per heavy atom. The molecular formula is C13H18ClN3O. The van der Waals surface area contributed by atoms with Crippen molar-refractivity contribution in [2.75, 3.05) is 18.0 Å². The van der Waals surface area contributed by atoms with Gasteiger partial charge in [-0.2, -0.15) is 0 Å². The van der Waals surface area contributed by atoms with Gasteiger partial charge in [-0.25, -0.2) is 0 Å². The monoisotopic (exact) mass is 267 g/mol. The average Bonchev–Trinajstić information content (AvgIpc) is 2.33. The van der Waals surface area contributed by atoms with Gasteiger partial charge in [-0.1, -0.05) is 11.6 Å². The molecule has 0 atom stereocenters. The SMILES string of the molecule is CC1(C)C(=O)NCCN1c1ccc(Cl)cc1CN. The minimum Gasteiger partial charge on any atom is -0.355 e. The van der Waals surface area contributed by atoms with Gasteiger partial charge in [0.1, 0.15) is 5.54 Å². The second-order valence-electron chi connectivity index (χ2n) is 4.94. The van der Waals surface area contributed by atoms with Crippen molar-refractivity contribution in [3.63, 3.8) is 0 Å². The summed E-state index contributed by atoms with van der Waals surface area (Å²) in [6, 6.07) is 5.63. The Kier molecular flexibility index (Phi) is 3.50. The highest BCUT2D eigenvalue weighted by atomic mass is 35.5. The van der Waals surface area contributed by atoms with E-state index < -0.39 is 5.54 Å². The van der Waals surface area contributed by atoms with Crippen molar-refractivity contribution in [3.8, 4) is 0 Å². The number of hydrogen-bond acceptors (Lipinski definition) is 3. The number of nitrogens with one attached hydrogen (secondary N) is 1. The number of anilines is 1. The zero-order chi connectivity index (χ0) is 13.3. The van der Waals surface area contributed by atoms with E-state index in [0.29, 0.717) is 18.1 Å². The van der Waals surface area contributed by atoms with E-state index in [-0.39, 0.29) is 5.91 Å². The highest BCUT2D eigenvalue weighted by molar-refractivity contribution is 6.30. The van der Waals surface area contributed by atoms with Gasteiger partial charge >= 0.3 is 0 Å². The van der Waals surface area contributed by atoms with Crippen LogP contribution in [0.25, 0.3) is 0 Å². The maximum absolute atomic E-state index is 12.0. The van der Waals surface area contributed by atoms with E-state index in [2.05, 4.69) is 10.2 Å². The fraction of sp³-hybridized carbons (Fsp3) is 0.462. The van der Waals surface area contributed by atoms with Gasteiger partial charge in [-0.05, 0) is 37.6 Å². The van der Waals surface area contributed by atoms with Crippen molar-refractivity contribution in [1.82, 2.24) is 5.32 Å². The van der Waals surface area contributed by atoms with Crippen LogP contribution < -0.4 is 16.0 Å². The molecule has 1 aliphatic heterocycles. The summed E-state index contributed by atoms with van der Waals surface area (Å²) in [5, 5.41) is 3.55. The second kappa shape index (κ2) is 4.78. The summed E-state index contributed by atoms with van der Waals surface area (Å²) in [5.74, 6) is 0.0340. The van der Waals surface area contributed by atoms with Gasteiger partial charge in [0.15, 0.2) is 0 Å². The molecule has 1 aliphatic rings. The van der Waals surface area contributed by atoms with E-state index >= 15 is 0 Å². The first-order valence-corrected chi connectivity index (χ1v) is 6.39. The first kappa shape index (κ1) is 13.2. The van der Waals surface area contributed by atoms with E-state index in [4.69, 9.17) is 17.3 Å². The first-order chi connectivity index (χ1) is 8.46. The number of nitrogens with zero attached hydrogens (tertiary/aromatic N) is 1. The molecule has 98 valence electrons. The van der Waals surface area contributed by atoms with Gasteiger partial charge in [0.05, 0.1) is 0 Å². The summed E-state index contributed by atoms with van der Waals surface area (Å²) in [5.41, 5.74) is 7.14. The molecule has 18 heavy (non-hydrogen) atoms. The number of nitrogens with two attached hydrogens (primary N) is 1. The average molecular weight is 268 g/mol. The number of amides is 1. The zero-order valence-corrected chi connectivity index (χ0v) is 11.4. The topological polar surface area (TPSA) is 58.4 Å². The van der Waals surface area contributed by atoms with Crippen LogP contribution in [0.5, 0.6) is 0 Å². The van der Waals surface area contributed by atoms with Crippen LogP contribution in [0.15, 0.2) is 18.2 Å². The maximum atomic E-state index is 12.0. The Hall–Kier alpha value is -1.26. The molecule has 1 amide bonds. The number of halogens is 1. The highest BCUT2D eigenvalue weighted by Crippen LogP contribution is 2.30. The molecule has 0 spiro atoms. The molecule has 1 aromatic rings. The predicted octanol–water partition coefficient (Wildman–Crippen LogP) is 1.51. The van der Waals surface area contributed by atoms with Crippen LogP contribution in [0.2, 0.25) is 5.02 Å². The van der Waals surface area contributed by atoms with Crippen molar-refractivity contribution in [1.29, 1.82) is 0 Å². The molecule has 1 saturated heterocycles. The Morgan fingerprint density at radius 1 is 1.50 bits per heavy atom. The van der Waals surface area contributed by atoms with Crippen molar-refractivity contribution in [2.45, 2.75) is 25.9 Å². The predicted molar refractivity (Wildman–Crippen MR) is 73.8 cm³/mol. The minimum absolute atomic E-state index is 0.0340. The normalized spacial score (nSPS) is 18.7. The quantitative estimate of drug-likeness (QED) is 0.854. The Labute approximate surface area is 112 Å². The van der Waals surface area contributed by atoms with Crippen molar-refractivity contribution in [3.05, 3.63) is 28.8 Å². The summed E-state index contributed by atoms with van der Waals surface area (Å²) >= 11 is 5.98. The van der Waals surface area contributed by atoms with Crippen molar-refractivity contribution < 1.29 is 4.79 Å². The summed E-state index contributed by atoms with van der Waals surface area (Å²) in [4.78, 5) is 14.0. The second-order valence-corrected chi connectivity index (χ2v) is 5.38. The smallest absolute Gasteiger partial charge is 0.245 e. The third-order valence-corrected chi connectivity index (χ3v) is 3.64. The Morgan fingerprint density at radius 3 is 2.89 bits per heavy atom. The molecule has 4 nitrogen and oxygen atoms in total.